The molecule has 0 spiro atoms. The summed E-state index contributed by atoms with van der Waals surface area (Å²) in [5, 5.41) is 0.461. The molecule has 1 N–H and O–H groups in total. The molecule has 0 radical (unpaired) electrons. The molecular weight excluding hydrogens is 399 g/mol. The molecule has 4 nitrogen and oxygen atoms in total. The van der Waals surface area contributed by atoms with Gasteiger partial charge in [0.1, 0.15) is 0 Å². The van der Waals surface area contributed by atoms with Gasteiger partial charge in [-0.05, 0) is 47.7 Å². The number of halogens is 2. The van der Waals surface area contributed by atoms with Crippen LogP contribution in [-0.2, 0) is 10.0 Å². The van der Waals surface area contributed by atoms with E-state index in [0.717, 1.165) is 5.56 Å². The Labute approximate surface area is 130 Å². The van der Waals surface area contributed by atoms with Crippen molar-refractivity contribution in [3.8, 4) is 0 Å². The molecule has 0 aliphatic carbocycles. The van der Waals surface area contributed by atoms with Crippen molar-refractivity contribution in [1.82, 2.24) is 4.98 Å². The van der Waals surface area contributed by atoms with E-state index in [2.05, 4.69) is 9.71 Å². The SMILES string of the molecule is Cc1ccc(S(=O)(=O)Nc2ncc(Cl)cc2I)cc1. The van der Waals surface area contributed by atoms with Gasteiger partial charge in [-0.25, -0.2) is 13.4 Å². The predicted octanol–water partition coefficient (Wildman–Crippen LogP) is 3.45. The van der Waals surface area contributed by atoms with E-state index in [-0.39, 0.29) is 10.7 Å². The maximum atomic E-state index is 12.2. The van der Waals surface area contributed by atoms with E-state index in [0.29, 0.717) is 8.59 Å². The molecule has 0 saturated heterocycles. The van der Waals surface area contributed by atoms with Gasteiger partial charge in [0.15, 0.2) is 5.82 Å². The van der Waals surface area contributed by atoms with Crippen LogP contribution in [0, 0.1) is 10.5 Å². The second kappa shape index (κ2) is 5.64. The predicted molar refractivity (Wildman–Crippen MR) is 84.0 cm³/mol. The number of pyridine rings is 1. The largest absolute Gasteiger partial charge is 0.263 e. The fourth-order valence-electron chi connectivity index (χ4n) is 1.39. The number of anilines is 1. The zero-order valence-corrected chi connectivity index (χ0v) is 13.6. The summed E-state index contributed by atoms with van der Waals surface area (Å²) in [7, 11) is -3.63. The third-order valence-corrected chi connectivity index (χ3v) is 4.75. The number of hydrogen-bond acceptors (Lipinski definition) is 3. The second-order valence-electron chi connectivity index (χ2n) is 3.90. The smallest absolute Gasteiger partial charge is 0.262 e. The van der Waals surface area contributed by atoms with Gasteiger partial charge in [0.05, 0.1) is 13.5 Å². The number of sulfonamides is 1. The summed E-state index contributed by atoms with van der Waals surface area (Å²) in [6, 6.07) is 8.24. The molecule has 0 aliphatic rings. The molecule has 2 aromatic rings. The highest BCUT2D eigenvalue weighted by molar-refractivity contribution is 14.1. The highest BCUT2D eigenvalue weighted by atomic mass is 127. The van der Waals surface area contributed by atoms with Gasteiger partial charge in [-0.3, -0.25) is 4.72 Å². The van der Waals surface area contributed by atoms with Crippen molar-refractivity contribution < 1.29 is 8.42 Å². The van der Waals surface area contributed by atoms with E-state index in [4.69, 9.17) is 11.6 Å². The molecule has 1 aromatic heterocycles. The number of hydrogen-bond donors (Lipinski definition) is 1. The number of aromatic nitrogens is 1. The maximum Gasteiger partial charge on any atom is 0.263 e. The zero-order valence-electron chi connectivity index (χ0n) is 9.89. The Hall–Kier alpha value is -0.860. The molecule has 0 aliphatic heterocycles. The summed E-state index contributed by atoms with van der Waals surface area (Å²) in [5.41, 5.74) is 0.998. The van der Waals surface area contributed by atoms with Gasteiger partial charge < -0.3 is 0 Å². The lowest BCUT2D eigenvalue weighted by atomic mass is 10.2. The van der Waals surface area contributed by atoms with E-state index in [1.807, 2.05) is 29.5 Å². The fraction of sp³-hybridized carbons (Fsp3) is 0.0833. The van der Waals surface area contributed by atoms with Crippen molar-refractivity contribution in [1.29, 1.82) is 0 Å². The molecular formula is C12H10ClIN2O2S. The van der Waals surface area contributed by atoms with Gasteiger partial charge in [0.25, 0.3) is 10.0 Å². The van der Waals surface area contributed by atoms with Crippen LogP contribution in [0.1, 0.15) is 5.56 Å². The molecule has 0 saturated carbocycles. The molecule has 0 fully saturated rings. The van der Waals surface area contributed by atoms with Gasteiger partial charge in [-0.1, -0.05) is 29.3 Å². The lowest BCUT2D eigenvalue weighted by Crippen LogP contribution is -2.14. The van der Waals surface area contributed by atoms with E-state index >= 15 is 0 Å². The van der Waals surface area contributed by atoms with Gasteiger partial charge in [0, 0.05) is 6.20 Å². The minimum absolute atomic E-state index is 0.200. The van der Waals surface area contributed by atoms with Crippen LogP contribution in [-0.4, -0.2) is 13.4 Å². The average molecular weight is 409 g/mol. The summed E-state index contributed by atoms with van der Waals surface area (Å²) in [6.45, 7) is 1.90. The number of nitrogens with one attached hydrogen (secondary N) is 1. The maximum absolute atomic E-state index is 12.2. The van der Waals surface area contributed by atoms with Gasteiger partial charge in [-0.2, -0.15) is 0 Å². The third kappa shape index (κ3) is 3.58. The number of rotatable bonds is 3. The highest BCUT2D eigenvalue weighted by Gasteiger charge is 2.16. The monoisotopic (exact) mass is 408 g/mol. The lowest BCUT2D eigenvalue weighted by Gasteiger charge is -2.09. The normalized spacial score (nSPS) is 11.3. The first-order chi connectivity index (χ1) is 8.88. The van der Waals surface area contributed by atoms with E-state index < -0.39 is 10.0 Å². The van der Waals surface area contributed by atoms with Crippen molar-refractivity contribution in [3.05, 3.63) is 50.7 Å². The zero-order chi connectivity index (χ0) is 14.0. The quantitative estimate of drug-likeness (QED) is 0.792. The van der Waals surface area contributed by atoms with Crippen LogP contribution >= 0.6 is 34.2 Å². The molecule has 0 bridgehead atoms. The summed E-state index contributed by atoms with van der Waals surface area (Å²) in [4.78, 5) is 4.18. The van der Waals surface area contributed by atoms with Crippen LogP contribution in [0.25, 0.3) is 0 Å². The van der Waals surface area contributed by atoms with Crippen LogP contribution < -0.4 is 4.72 Å². The van der Waals surface area contributed by atoms with Crippen LogP contribution in [0.4, 0.5) is 5.82 Å². The molecule has 2 rings (SSSR count). The first kappa shape index (κ1) is 14.5. The Balaban J connectivity index is 2.33. The van der Waals surface area contributed by atoms with Gasteiger partial charge in [-0.15, -0.1) is 0 Å². The van der Waals surface area contributed by atoms with Crippen LogP contribution in [0.5, 0.6) is 0 Å². The second-order valence-corrected chi connectivity index (χ2v) is 7.18. The minimum atomic E-state index is -3.63. The first-order valence-corrected chi connectivity index (χ1v) is 8.23. The van der Waals surface area contributed by atoms with Crippen molar-refractivity contribution in [2.45, 2.75) is 11.8 Å². The Bertz CT molecular complexity index is 702. The highest BCUT2D eigenvalue weighted by Crippen LogP contribution is 2.22. The molecule has 0 atom stereocenters. The third-order valence-electron chi connectivity index (χ3n) is 2.37. The van der Waals surface area contributed by atoms with Crippen LogP contribution in [0.3, 0.4) is 0 Å². The van der Waals surface area contributed by atoms with Crippen LogP contribution in [0.2, 0.25) is 5.02 Å². The Morgan fingerprint density at radius 1 is 1.26 bits per heavy atom. The molecule has 7 heteroatoms. The molecule has 100 valence electrons. The van der Waals surface area contributed by atoms with E-state index in [1.54, 1.807) is 30.3 Å². The summed E-state index contributed by atoms with van der Waals surface area (Å²) in [6.07, 6.45) is 1.40. The first-order valence-electron chi connectivity index (χ1n) is 5.29. The minimum Gasteiger partial charge on any atom is -0.262 e. The van der Waals surface area contributed by atoms with Gasteiger partial charge in [0.2, 0.25) is 0 Å². The molecule has 19 heavy (non-hydrogen) atoms. The summed E-state index contributed by atoms with van der Waals surface area (Å²) >= 11 is 7.75. The molecule has 1 heterocycles. The van der Waals surface area contributed by atoms with Crippen molar-refractivity contribution >= 4 is 50.0 Å². The van der Waals surface area contributed by atoms with Crippen molar-refractivity contribution in [3.63, 3.8) is 0 Å². The number of nitrogens with zero attached hydrogens (tertiary/aromatic N) is 1. The van der Waals surface area contributed by atoms with Gasteiger partial charge >= 0.3 is 0 Å². The summed E-state index contributed by atoms with van der Waals surface area (Å²) < 4.78 is 27.4. The number of aryl methyl sites for hydroxylation is 1. The molecule has 1 aromatic carbocycles. The standard InChI is InChI=1S/C12H10ClIN2O2S/c1-8-2-4-10(5-3-8)19(17,18)16-12-11(14)6-9(13)7-15-12/h2-7H,1H3,(H,15,16). The number of benzene rings is 1. The Kier molecular flexibility index (Phi) is 4.32. The molecule has 0 amide bonds. The van der Waals surface area contributed by atoms with E-state index in [9.17, 15) is 8.42 Å². The fourth-order valence-corrected chi connectivity index (χ4v) is 3.56. The Morgan fingerprint density at radius 2 is 1.89 bits per heavy atom. The van der Waals surface area contributed by atoms with E-state index in [1.165, 1.54) is 6.20 Å². The Morgan fingerprint density at radius 3 is 2.47 bits per heavy atom. The lowest BCUT2D eigenvalue weighted by molar-refractivity contribution is 0.601. The topological polar surface area (TPSA) is 59.1 Å². The summed E-state index contributed by atoms with van der Waals surface area (Å²) in [5.74, 6) is 0.269. The van der Waals surface area contributed by atoms with Crippen molar-refractivity contribution in [2.75, 3.05) is 4.72 Å². The van der Waals surface area contributed by atoms with Crippen LogP contribution in [0.15, 0.2) is 41.4 Å². The average Bonchev–Trinajstić information content (AvgIpc) is 2.33. The van der Waals surface area contributed by atoms with Crippen molar-refractivity contribution in [2.24, 2.45) is 0 Å². The molecule has 0 unspecified atom stereocenters.